The van der Waals surface area contributed by atoms with Crippen molar-refractivity contribution >= 4 is 34.8 Å². The van der Waals surface area contributed by atoms with Gasteiger partial charge in [0.25, 0.3) is 0 Å². The standard InChI is InChI=1S/C13H14ClN3O.ClH/c14-12-10-5-1-2-6-11(10)13(17-16-12)18-9-4-3-7-15-8-9;/h1-2,5-6,9,15H,3-4,7-8H2;1H/t9-;/m1./s1. The van der Waals surface area contributed by atoms with Crippen LogP contribution in [0.1, 0.15) is 12.8 Å². The van der Waals surface area contributed by atoms with Gasteiger partial charge in [0.05, 0.1) is 0 Å². The summed E-state index contributed by atoms with van der Waals surface area (Å²) in [5.41, 5.74) is 0. The molecule has 1 atom stereocenters. The number of nitrogens with zero attached hydrogens (tertiary/aromatic N) is 2. The SMILES string of the molecule is Cl.Clc1nnc(O[C@@H]2CCCNC2)c2ccccc12. The second-order valence-corrected chi connectivity index (χ2v) is 4.79. The normalized spacial score (nSPS) is 18.9. The lowest BCUT2D eigenvalue weighted by atomic mass is 10.1. The molecule has 0 unspecified atom stereocenters. The molecule has 1 aromatic heterocycles. The fourth-order valence-corrected chi connectivity index (χ4v) is 2.41. The lowest BCUT2D eigenvalue weighted by Crippen LogP contribution is -2.37. The van der Waals surface area contributed by atoms with Gasteiger partial charge in [-0.15, -0.1) is 22.6 Å². The quantitative estimate of drug-likeness (QED) is 0.926. The van der Waals surface area contributed by atoms with Crippen molar-refractivity contribution in [2.24, 2.45) is 0 Å². The molecule has 4 nitrogen and oxygen atoms in total. The van der Waals surface area contributed by atoms with Crippen molar-refractivity contribution in [3.8, 4) is 5.88 Å². The van der Waals surface area contributed by atoms with Crippen LogP contribution in [0, 0.1) is 0 Å². The lowest BCUT2D eigenvalue weighted by molar-refractivity contribution is 0.161. The Bertz CT molecular complexity index is 559. The summed E-state index contributed by atoms with van der Waals surface area (Å²) in [6, 6.07) is 7.77. The summed E-state index contributed by atoms with van der Waals surface area (Å²) in [7, 11) is 0. The number of piperidine rings is 1. The number of aromatic nitrogens is 2. The van der Waals surface area contributed by atoms with Crippen molar-refractivity contribution in [3.63, 3.8) is 0 Å². The molecule has 1 aliphatic heterocycles. The van der Waals surface area contributed by atoms with E-state index < -0.39 is 0 Å². The highest BCUT2D eigenvalue weighted by atomic mass is 35.5. The van der Waals surface area contributed by atoms with Gasteiger partial charge in [0, 0.05) is 17.3 Å². The number of rotatable bonds is 2. The first-order valence-electron chi connectivity index (χ1n) is 6.13. The smallest absolute Gasteiger partial charge is 0.241 e. The minimum Gasteiger partial charge on any atom is -0.471 e. The van der Waals surface area contributed by atoms with Crippen molar-refractivity contribution < 1.29 is 4.74 Å². The van der Waals surface area contributed by atoms with Crippen molar-refractivity contribution in [3.05, 3.63) is 29.4 Å². The summed E-state index contributed by atoms with van der Waals surface area (Å²) in [6.45, 7) is 1.92. The molecule has 19 heavy (non-hydrogen) atoms. The second kappa shape index (κ2) is 6.37. The summed E-state index contributed by atoms with van der Waals surface area (Å²) < 4.78 is 5.93. The second-order valence-electron chi connectivity index (χ2n) is 4.43. The summed E-state index contributed by atoms with van der Waals surface area (Å²) in [5, 5.41) is 13.5. The predicted molar refractivity (Wildman–Crippen MR) is 78.3 cm³/mol. The summed E-state index contributed by atoms with van der Waals surface area (Å²) >= 11 is 6.03. The Morgan fingerprint density at radius 2 is 2.00 bits per heavy atom. The van der Waals surface area contributed by atoms with E-state index in [1.165, 1.54) is 0 Å². The zero-order valence-electron chi connectivity index (χ0n) is 10.3. The highest BCUT2D eigenvalue weighted by molar-refractivity contribution is 6.34. The molecule has 0 aliphatic carbocycles. The van der Waals surface area contributed by atoms with Gasteiger partial charge in [-0.1, -0.05) is 29.8 Å². The van der Waals surface area contributed by atoms with Crippen LogP contribution in [0.25, 0.3) is 10.8 Å². The van der Waals surface area contributed by atoms with E-state index in [0.29, 0.717) is 11.0 Å². The maximum Gasteiger partial charge on any atom is 0.241 e. The Morgan fingerprint density at radius 1 is 1.21 bits per heavy atom. The average molecular weight is 300 g/mol. The summed E-state index contributed by atoms with van der Waals surface area (Å²) in [6.07, 6.45) is 2.34. The van der Waals surface area contributed by atoms with Gasteiger partial charge < -0.3 is 10.1 Å². The molecule has 1 saturated heterocycles. The first-order valence-corrected chi connectivity index (χ1v) is 6.50. The van der Waals surface area contributed by atoms with Crippen LogP contribution in [0.5, 0.6) is 5.88 Å². The van der Waals surface area contributed by atoms with Gasteiger partial charge in [0.1, 0.15) is 6.10 Å². The predicted octanol–water partition coefficient (Wildman–Crippen LogP) is 2.84. The van der Waals surface area contributed by atoms with Crippen molar-refractivity contribution in [2.75, 3.05) is 13.1 Å². The van der Waals surface area contributed by atoms with Gasteiger partial charge in [-0.05, 0) is 25.5 Å². The number of benzene rings is 1. The average Bonchev–Trinajstić information content (AvgIpc) is 2.44. The van der Waals surface area contributed by atoms with Crippen LogP contribution < -0.4 is 10.1 Å². The Balaban J connectivity index is 0.00000133. The van der Waals surface area contributed by atoms with Gasteiger partial charge in [-0.2, -0.15) is 0 Å². The number of ether oxygens (including phenoxy) is 1. The van der Waals surface area contributed by atoms with E-state index >= 15 is 0 Å². The number of halogens is 2. The van der Waals surface area contributed by atoms with Crippen molar-refractivity contribution in [2.45, 2.75) is 18.9 Å². The number of hydrogen-bond acceptors (Lipinski definition) is 4. The molecule has 1 aliphatic rings. The van der Waals surface area contributed by atoms with Gasteiger partial charge >= 0.3 is 0 Å². The topological polar surface area (TPSA) is 47.0 Å². The monoisotopic (exact) mass is 299 g/mol. The summed E-state index contributed by atoms with van der Waals surface area (Å²) in [5.74, 6) is 0.573. The molecule has 0 bridgehead atoms. The van der Waals surface area contributed by atoms with E-state index in [-0.39, 0.29) is 18.5 Å². The van der Waals surface area contributed by atoms with Crippen LogP contribution in [0.3, 0.4) is 0 Å². The molecule has 1 aromatic carbocycles. The fraction of sp³-hybridized carbons (Fsp3) is 0.385. The van der Waals surface area contributed by atoms with E-state index in [1.54, 1.807) is 0 Å². The zero-order chi connectivity index (χ0) is 12.4. The van der Waals surface area contributed by atoms with Gasteiger partial charge in [0.2, 0.25) is 5.88 Å². The van der Waals surface area contributed by atoms with E-state index in [2.05, 4.69) is 15.5 Å². The highest BCUT2D eigenvalue weighted by Gasteiger charge is 2.17. The molecule has 3 rings (SSSR count). The molecule has 0 spiro atoms. The fourth-order valence-electron chi connectivity index (χ4n) is 2.21. The van der Waals surface area contributed by atoms with Crippen LogP contribution in [0.4, 0.5) is 0 Å². The largest absolute Gasteiger partial charge is 0.471 e. The van der Waals surface area contributed by atoms with Crippen LogP contribution in [0.15, 0.2) is 24.3 Å². The maximum atomic E-state index is 6.03. The highest BCUT2D eigenvalue weighted by Crippen LogP contribution is 2.28. The Labute approximate surface area is 122 Å². The van der Waals surface area contributed by atoms with E-state index in [4.69, 9.17) is 16.3 Å². The molecular formula is C13H15Cl2N3O. The number of hydrogen-bond donors (Lipinski definition) is 1. The van der Waals surface area contributed by atoms with Crippen LogP contribution >= 0.6 is 24.0 Å². The first kappa shape index (κ1) is 14.3. The molecule has 0 radical (unpaired) electrons. The zero-order valence-corrected chi connectivity index (χ0v) is 11.9. The number of nitrogens with one attached hydrogen (secondary N) is 1. The molecule has 2 aromatic rings. The van der Waals surface area contributed by atoms with Crippen molar-refractivity contribution in [1.29, 1.82) is 0 Å². The molecule has 6 heteroatoms. The first-order chi connectivity index (χ1) is 8.84. The molecule has 2 heterocycles. The van der Waals surface area contributed by atoms with Crippen LogP contribution in [-0.2, 0) is 0 Å². The Morgan fingerprint density at radius 3 is 2.74 bits per heavy atom. The van der Waals surface area contributed by atoms with E-state index in [0.717, 1.165) is 36.7 Å². The molecule has 0 amide bonds. The number of fused-ring (bicyclic) bond motifs is 1. The van der Waals surface area contributed by atoms with Crippen molar-refractivity contribution in [1.82, 2.24) is 15.5 Å². The third kappa shape index (κ3) is 3.08. The van der Waals surface area contributed by atoms with Gasteiger partial charge in [-0.3, -0.25) is 0 Å². The molecule has 1 N–H and O–H groups in total. The Hall–Kier alpha value is -1.10. The van der Waals surface area contributed by atoms with E-state index in [9.17, 15) is 0 Å². The van der Waals surface area contributed by atoms with Gasteiger partial charge in [-0.25, -0.2) is 0 Å². The van der Waals surface area contributed by atoms with Crippen LogP contribution in [-0.4, -0.2) is 29.4 Å². The van der Waals surface area contributed by atoms with Crippen LogP contribution in [0.2, 0.25) is 5.15 Å². The summed E-state index contributed by atoms with van der Waals surface area (Å²) in [4.78, 5) is 0. The lowest BCUT2D eigenvalue weighted by Gasteiger charge is -2.23. The molecular weight excluding hydrogens is 285 g/mol. The molecule has 102 valence electrons. The molecule has 0 saturated carbocycles. The maximum absolute atomic E-state index is 6.03. The third-order valence-corrected chi connectivity index (χ3v) is 3.42. The van der Waals surface area contributed by atoms with E-state index in [1.807, 2.05) is 24.3 Å². The minimum atomic E-state index is 0. The minimum absolute atomic E-state index is 0. The molecule has 1 fully saturated rings. The van der Waals surface area contributed by atoms with Gasteiger partial charge in [0.15, 0.2) is 5.15 Å². The third-order valence-electron chi connectivity index (χ3n) is 3.14. The Kier molecular flexibility index (Phi) is 4.80.